The zero-order valence-corrected chi connectivity index (χ0v) is 11.6. The van der Waals surface area contributed by atoms with Gasteiger partial charge in [0.1, 0.15) is 11.3 Å². The first-order valence-corrected chi connectivity index (χ1v) is 7.49. The van der Waals surface area contributed by atoms with Crippen LogP contribution < -0.4 is 26.8 Å². The Morgan fingerprint density at radius 1 is 1.15 bits per heavy atom. The molecule has 0 amide bonds. The van der Waals surface area contributed by atoms with E-state index in [4.69, 9.17) is 4.99 Å². The first kappa shape index (κ1) is 12.4. The number of aliphatic imine (C=N–C) groups is 1. The average Bonchev–Trinajstić information content (AvgIpc) is 3.23. The van der Waals surface area contributed by atoms with Crippen LogP contribution in [-0.4, -0.2) is 68.7 Å². The summed E-state index contributed by atoms with van der Waals surface area (Å²) in [4.78, 5) is 4.71. The summed E-state index contributed by atoms with van der Waals surface area (Å²) in [6, 6.07) is 0. The quantitative estimate of drug-likeness (QED) is 0.388. The monoisotopic (exact) mass is 278 g/mol. The van der Waals surface area contributed by atoms with Crippen molar-refractivity contribution in [2.45, 2.75) is 12.6 Å². The van der Waals surface area contributed by atoms with Gasteiger partial charge in [0.05, 0.1) is 19.3 Å². The molecule has 2 fully saturated rings. The van der Waals surface area contributed by atoms with Crippen LogP contribution in [0.4, 0.5) is 0 Å². The fraction of sp³-hybridized carbons (Fsp3) is 0.833. The van der Waals surface area contributed by atoms with Crippen LogP contribution in [0.3, 0.4) is 0 Å². The average molecular weight is 278 g/mol. The zero-order valence-electron chi connectivity index (χ0n) is 11.6. The van der Waals surface area contributed by atoms with Crippen molar-refractivity contribution in [2.75, 3.05) is 45.8 Å². The normalized spacial score (nSPS) is 34.1. The molecule has 0 bridgehead atoms. The van der Waals surface area contributed by atoms with Gasteiger partial charge in [0.2, 0.25) is 0 Å². The minimum absolute atomic E-state index is 0.169. The summed E-state index contributed by atoms with van der Waals surface area (Å²) < 4.78 is 0. The van der Waals surface area contributed by atoms with E-state index in [1.165, 1.54) is 0 Å². The summed E-state index contributed by atoms with van der Waals surface area (Å²) >= 11 is 0. The molecule has 0 radical (unpaired) electrons. The van der Waals surface area contributed by atoms with Gasteiger partial charge in [0.25, 0.3) is 0 Å². The maximum atomic E-state index is 4.71. The van der Waals surface area contributed by atoms with Gasteiger partial charge in [-0.2, -0.15) is 5.10 Å². The van der Waals surface area contributed by atoms with Gasteiger partial charge in [-0.1, -0.05) is 0 Å². The van der Waals surface area contributed by atoms with Crippen molar-refractivity contribution in [3.8, 4) is 0 Å². The number of hydrazone groups is 1. The summed E-state index contributed by atoms with van der Waals surface area (Å²) in [5.41, 5.74) is 6.38. The minimum Gasteiger partial charge on any atom is -0.371 e. The molecule has 1 atom stereocenters. The first-order valence-electron chi connectivity index (χ1n) is 7.49. The minimum atomic E-state index is -0.246. The van der Waals surface area contributed by atoms with Crippen molar-refractivity contribution >= 4 is 11.7 Å². The lowest BCUT2D eigenvalue weighted by Crippen LogP contribution is -2.64. The molecule has 0 aromatic carbocycles. The van der Waals surface area contributed by atoms with Crippen molar-refractivity contribution in [3.63, 3.8) is 0 Å². The van der Waals surface area contributed by atoms with Crippen LogP contribution in [0.1, 0.15) is 6.42 Å². The Kier molecular flexibility index (Phi) is 3.01. The van der Waals surface area contributed by atoms with Gasteiger partial charge in [-0.25, -0.2) is 5.43 Å². The zero-order chi connectivity index (χ0) is 13.4. The van der Waals surface area contributed by atoms with Gasteiger partial charge in [-0.05, 0) is 6.42 Å². The number of nitrogens with one attached hydrogen (secondary N) is 5. The highest BCUT2D eigenvalue weighted by molar-refractivity contribution is 6.12. The van der Waals surface area contributed by atoms with E-state index in [2.05, 4.69) is 36.9 Å². The van der Waals surface area contributed by atoms with Crippen LogP contribution in [0, 0.1) is 5.41 Å². The lowest BCUT2D eigenvalue weighted by atomic mass is 9.81. The third-order valence-electron chi connectivity index (χ3n) is 4.47. The second kappa shape index (κ2) is 4.87. The molecule has 0 spiro atoms. The lowest BCUT2D eigenvalue weighted by Gasteiger charge is -2.38. The van der Waals surface area contributed by atoms with Gasteiger partial charge in [0, 0.05) is 32.7 Å². The van der Waals surface area contributed by atoms with Crippen LogP contribution in [0.2, 0.25) is 0 Å². The summed E-state index contributed by atoms with van der Waals surface area (Å²) in [5.74, 6) is 2.11. The molecule has 0 aromatic heterocycles. The highest BCUT2D eigenvalue weighted by atomic mass is 15.6. The second-order valence-corrected chi connectivity index (χ2v) is 5.65. The highest BCUT2D eigenvalue weighted by Crippen LogP contribution is 2.31. The molecule has 20 heavy (non-hydrogen) atoms. The molecule has 8 heteroatoms. The Morgan fingerprint density at radius 2 is 2.05 bits per heavy atom. The van der Waals surface area contributed by atoms with E-state index in [9.17, 15) is 0 Å². The Morgan fingerprint density at radius 3 is 2.75 bits per heavy atom. The summed E-state index contributed by atoms with van der Waals surface area (Å²) in [5, 5.41) is 17.4. The predicted molar refractivity (Wildman–Crippen MR) is 77.3 cm³/mol. The molecular weight excluding hydrogens is 256 g/mol. The molecular formula is C12H22N8. The van der Waals surface area contributed by atoms with Crippen LogP contribution in [0.15, 0.2) is 10.1 Å². The summed E-state index contributed by atoms with van der Waals surface area (Å²) in [6.07, 6.45) is 1.32. The van der Waals surface area contributed by atoms with E-state index in [0.29, 0.717) is 0 Å². The second-order valence-electron chi connectivity index (χ2n) is 5.65. The number of hydrogen-bond donors (Lipinski definition) is 5. The van der Waals surface area contributed by atoms with E-state index in [-0.39, 0.29) is 11.6 Å². The molecule has 4 rings (SSSR count). The largest absolute Gasteiger partial charge is 0.371 e. The van der Waals surface area contributed by atoms with Crippen LogP contribution in [0.5, 0.6) is 0 Å². The number of amidine groups is 2. The molecule has 0 aliphatic carbocycles. The van der Waals surface area contributed by atoms with Crippen molar-refractivity contribution < 1.29 is 0 Å². The molecule has 2 saturated heterocycles. The van der Waals surface area contributed by atoms with Crippen molar-refractivity contribution in [2.24, 2.45) is 15.5 Å². The van der Waals surface area contributed by atoms with Gasteiger partial charge in [0.15, 0.2) is 5.84 Å². The fourth-order valence-electron chi connectivity index (χ4n) is 3.54. The van der Waals surface area contributed by atoms with Gasteiger partial charge in [-0.3, -0.25) is 20.6 Å². The predicted octanol–water partition coefficient (Wildman–Crippen LogP) is -2.38. The molecule has 110 valence electrons. The van der Waals surface area contributed by atoms with Crippen molar-refractivity contribution in [1.82, 2.24) is 31.8 Å². The molecule has 4 heterocycles. The smallest absolute Gasteiger partial charge is 0.157 e. The molecule has 5 N–H and O–H groups in total. The van der Waals surface area contributed by atoms with E-state index in [1.54, 1.807) is 0 Å². The molecule has 4 aliphatic heterocycles. The SMILES string of the molecule is C1CNN(C2=NNCC2(C2=NCCN2)C2NCCN2)C1. The maximum Gasteiger partial charge on any atom is 0.157 e. The molecule has 1 unspecified atom stereocenters. The van der Waals surface area contributed by atoms with E-state index in [1.807, 2.05) is 0 Å². The van der Waals surface area contributed by atoms with E-state index >= 15 is 0 Å². The van der Waals surface area contributed by atoms with Crippen LogP contribution >= 0.6 is 0 Å². The Bertz CT molecular complexity index is 435. The summed E-state index contributed by atoms with van der Waals surface area (Å²) in [7, 11) is 0. The molecule has 0 aromatic rings. The van der Waals surface area contributed by atoms with E-state index in [0.717, 1.165) is 63.9 Å². The molecule has 0 saturated carbocycles. The number of hydrazine groups is 1. The molecule has 4 aliphatic rings. The number of nitrogens with zero attached hydrogens (tertiary/aromatic N) is 3. The Labute approximate surface area is 118 Å². The van der Waals surface area contributed by atoms with Crippen molar-refractivity contribution in [3.05, 3.63) is 0 Å². The molecule has 8 nitrogen and oxygen atoms in total. The maximum absolute atomic E-state index is 4.71. The van der Waals surface area contributed by atoms with Crippen molar-refractivity contribution in [1.29, 1.82) is 0 Å². The highest BCUT2D eigenvalue weighted by Gasteiger charge is 2.54. The number of rotatable bonds is 2. The summed E-state index contributed by atoms with van der Waals surface area (Å²) in [6.45, 7) is 6.54. The van der Waals surface area contributed by atoms with Gasteiger partial charge in [-0.15, -0.1) is 0 Å². The van der Waals surface area contributed by atoms with E-state index < -0.39 is 0 Å². The standard InChI is InChI=1S/C12H22N8/c1-2-18-20(7-1)11-12(8-17-19-11,9-13-3-4-14-9)10-15-5-6-16-10/h9,13-14,17-18H,1-8H2,(H,15,16). The third kappa shape index (κ3) is 1.72. The third-order valence-corrected chi connectivity index (χ3v) is 4.47. The van der Waals surface area contributed by atoms with Crippen LogP contribution in [0.25, 0.3) is 0 Å². The van der Waals surface area contributed by atoms with Crippen LogP contribution in [-0.2, 0) is 0 Å². The Hall–Kier alpha value is -1.38. The topological polar surface area (TPSA) is 88.1 Å². The fourth-order valence-corrected chi connectivity index (χ4v) is 3.54. The lowest BCUT2D eigenvalue weighted by molar-refractivity contribution is 0.317. The van der Waals surface area contributed by atoms with Gasteiger partial charge >= 0.3 is 0 Å². The Balaban J connectivity index is 1.71. The number of hydrogen-bond acceptors (Lipinski definition) is 8. The first-order chi connectivity index (χ1) is 9.91. The van der Waals surface area contributed by atoms with Gasteiger partial charge < -0.3 is 10.7 Å².